The first-order valence-corrected chi connectivity index (χ1v) is 36.5. The summed E-state index contributed by atoms with van der Waals surface area (Å²) in [4.78, 5) is 37.5. The van der Waals surface area contributed by atoms with Gasteiger partial charge in [-0.3, -0.25) is 9.59 Å². The number of rotatable bonds is 63. The number of hydrogen-bond donors (Lipinski definition) is 0. The van der Waals surface area contributed by atoms with Crippen LogP contribution >= 0.6 is 0 Å². The summed E-state index contributed by atoms with van der Waals surface area (Å²) < 4.78 is 22.7. The fraction of sp³-hybridized carbons (Fsp3) is 0.466. The predicted octanol–water partition coefficient (Wildman–Crippen LogP) is 22.2. The van der Waals surface area contributed by atoms with Crippen LogP contribution in [0, 0.1) is 0 Å². The number of carboxylic acids is 1. The third-order valence-corrected chi connectivity index (χ3v) is 14.0. The monoisotopic (exact) mass is 1330 g/mol. The van der Waals surface area contributed by atoms with E-state index in [1.54, 1.807) is 0 Å². The molecule has 2 unspecified atom stereocenters. The zero-order valence-electron chi connectivity index (χ0n) is 60.8. The molecule has 0 bridgehead atoms. The van der Waals surface area contributed by atoms with Crippen LogP contribution in [0.5, 0.6) is 0 Å². The van der Waals surface area contributed by atoms with Crippen molar-refractivity contribution < 1.29 is 42.9 Å². The fourth-order valence-corrected chi connectivity index (χ4v) is 8.48. The van der Waals surface area contributed by atoms with Gasteiger partial charge in [-0.05, 0) is 180 Å². The van der Waals surface area contributed by atoms with Crippen molar-refractivity contribution in [3.8, 4) is 0 Å². The van der Waals surface area contributed by atoms with E-state index in [1.807, 2.05) is 21.1 Å². The summed E-state index contributed by atoms with van der Waals surface area (Å²) in [6, 6.07) is 0. The van der Waals surface area contributed by atoms with E-state index in [0.717, 1.165) is 167 Å². The van der Waals surface area contributed by atoms with E-state index in [-0.39, 0.29) is 32.7 Å². The maximum Gasteiger partial charge on any atom is 0.306 e. The lowest BCUT2D eigenvalue weighted by atomic mass is 10.1. The van der Waals surface area contributed by atoms with Crippen LogP contribution in [0.1, 0.15) is 206 Å². The van der Waals surface area contributed by atoms with E-state index in [1.165, 1.54) is 0 Å². The molecule has 0 rings (SSSR count). The Morgan fingerprint density at radius 1 is 0.309 bits per heavy atom. The average Bonchev–Trinajstić information content (AvgIpc) is 2.39. The van der Waals surface area contributed by atoms with Crippen LogP contribution in [0.2, 0.25) is 0 Å². The molecule has 0 heterocycles. The molecule has 0 fully saturated rings. The minimum absolute atomic E-state index is 0.115. The number of quaternary nitrogens is 1. The molecule has 0 saturated heterocycles. The van der Waals surface area contributed by atoms with Gasteiger partial charge < -0.3 is 33.3 Å². The van der Waals surface area contributed by atoms with E-state index in [9.17, 15) is 19.5 Å². The molecule has 534 valence electrons. The number of carboxylic acid groups (broad SMARTS) is 1. The quantitative estimate of drug-likeness (QED) is 0.0195. The van der Waals surface area contributed by atoms with E-state index in [2.05, 4.69) is 281 Å². The average molecular weight is 1330 g/mol. The van der Waals surface area contributed by atoms with Gasteiger partial charge in [0.05, 0.1) is 40.3 Å². The number of likely N-dealkylation sites (N-methyl/N-ethyl adjacent to an activating group) is 1. The third-order valence-electron chi connectivity index (χ3n) is 14.0. The maximum atomic E-state index is 12.9. The van der Waals surface area contributed by atoms with Crippen LogP contribution in [0.4, 0.5) is 0 Å². The SMILES string of the molecule is CC/C=C\C/C=C\C/C=C\C/C=C\C/C=C\C/C=C\C/C=C\C/C=C\C/C=C\C/C=C\C/C=C\C/C=C\CCCCC(=O)OC(COC(=O)CCCC/C=C\C/C=C\C/C=C\C/C=C\C/C=C\C/C=C\C/C=C\C/C=C\C/C=C\C/C=C\CC)COC(OCC[N+](C)(C)C)C(=O)[O-]. The van der Waals surface area contributed by atoms with Gasteiger partial charge in [-0.2, -0.15) is 0 Å². The molecular weight excluding hydrogens is 1200 g/mol. The van der Waals surface area contributed by atoms with Crippen LogP contribution < -0.4 is 5.11 Å². The lowest BCUT2D eigenvalue weighted by Gasteiger charge is -2.26. The second kappa shape index (κ2) is 74.4. The van der Waals surface area contributed by atoms with E-state index in [0.29, 0.717) is 23.9 Å². The summed E-state index contributed by atoms with van der Waals surface area (Å²) in [6.07, 6.45) is 120. The van der Waals surface area contributed by atoms with Crippen LogP contribution in [0.15, 0.2) is 267 Å². The number of aliphatic carboxylic acids is 1. The van der Waals surface area contributed by atoms with Crippen LogP contribution in [-0.4, -0.2) is 82.3 Å². The predicted molar refractivity (Wildman–Crippen MR) is 415 cm³/mol. The van der Waals surface area contributed by atoms with Gasteiger partial charge in [-0.25, -0.2) is 0 Å². The minimum atomic E-state index is -1.66. The molecule has 0 radical (unpaired) electrons. The maximum absolute atomic E-state index is 12.9. The Morgan fingerprint density at radius 2 is 0.546 bits per heavy atom. The second-order valence-corrected chi connectivity index (χ2v) is 24.1. The Balaban J connectivity index is 4.38. The Kier molecular flexibility index (Phi) is 68.7. The van der Waals surface area contributed by atoms with Gasteiger partial charge in [0.15, 0.2) is 12.4 Å². The summed E-state index contributed by atoms with van der Waals surface area (Å²) >= 11 is 0. The Bertz CT molecular complexity index is 2600. The fourth-order valence-electron chi connectivity index (χ4n) is 8.48. The van der Waals surface area contributed by atoms with Gasteiger partial charge in [0.25, 0.3) is 0 Å². The summed E-state index contributed by atoms with van der Waals surface area (Å²) in [7, 11) is 5.88. The molecule has 0 amide bonds. The number of nitrogens with zero attached hydrogens (tertiary/aromatic N) is 1. The molecule has 9 nitrogen and oxygen atoms in total. The van der Waals surface area contributed by atoms with Crippen LogP contribution in [0.3, 0.4) is 0 Å². The summed E-state index contributed by atoms with van der Waals surface area (Å²) in [5.41, 5.74) is 0. The molecule has 0 spiro atoms. The Morgan fingerprint density at radius 3 is 0.784 bits per heavy atom. The minimum Gasteiger partial charge on any atom is -0.545 e. The number of hydrogen-bond acceptors (Lipinski definition) is 8. The van der Waals surface area contributed by atoms with Crippen molar-refractivity contribution in [2.24, 2.45) is 0 Å². The number of esters is 2. The topological polar surface area (TPSA) is 111 Å². The van der Waals surface area contributed by atoms with Crippen molar-refractivity contribution in [3.63, 3.8) is 0 Å². The van der Waals surface area contributed by atoms with Crippen molar-refractivity contribution in [2.75, 3.05) is 47.5 Å². The van der Waals surface area contributed by atoms with Crippen LogP contribution in [0.25, 0.3) is 0 Å². The molecule has 0 aromatic rings. The summed E-state index contributed by atoms with van der Waals surface area (Å²) in [5.74, 6) is -2.44. The normalized spacial score (nSPS) is 14.3. The van der Waals surface area contributed by atoms with E-state index < -0.39 is 30.3 Å². The van der Waals surface area contributed by atoms with Gasteiger partial charge in [0.2, 0.25) is 0 Å². The molecular formula is C88H129NO8. The molecule has 0 N–H and O–H groups in total. The van der Waals surface area contributed by atoms with Crippen molar-refractivity contribution in [3.05, 3.63) is 267 Å². The van der Waals surface area contributed by atoms with Crippen LogP contribution in [-0.2, 0) is 33.3 Å². The summed E-state index contributed by atoms with van der Waals surface area (Å²) in [6.45, 7) is 4.37. The molecule has 0 saturated carbocycles. The van der Waals surface area contributed by atoms with Crippen molar-refractivity contribution >= 4 is 17.9 Å². The van der Waals surface area contributed by atoms with Gasteiger partial charge in [-0.1, -0.05) is 281 Å². The van der Waals surface area contributed by atoms with Crippen molar-refractivity contribution in [1.82, 2.24) is 0 Å². The number of allylic oxidation sites excluding steroid dienone is 44. The number of unbranched alkanes of at least 4 members (excludes halogenated alkanes) is 4. The Labute approximate surface area is 591 Å². The number of carbonyl (C=O) groups excluding carboxylic acids is 3. The first kappa shape index (κ1) is 89.6. The zero-order chi connectivity index (χ0) is 70.4. The highest BCUT2D eigenvalue weighted by Crippen LogP contribution is 2.11. The first-order valence-electron chi connectivity index (χ1n) is 36.5. The smallest absolute Gasteiger partial charge is 0.306 e. The Hall–Kier alpha value is -7.43. The first-order chi connectivity index (χ1) is 47.6. The van der Waals surface area contributed by atoms with E-state index >= 15 is 0 Å². The van der Waals surface area contributed by atoms with Gasteiger partial charge >= 0.3 is 11.9 Å². The van der Waals surface area contributed by atoms with E-state index in [4.69, 9.17) is 18.9 Å². The second-order valence-electron chi connectivity index (χ2n) is 24.1. The molecule has 0 aromatic heterocycles. The molecule has 9 heteroatoms. The highest BCUT2D eigenvalue weighted by Gasteiger charge is 2.22. The standard InChI is InChI=1S/C88H129NO8/c1-6-8-10-12-14-16-18-20-22-24-26-28-30-32-34-36-38-40-41-42-43-44-45-47-49-51-53-55-57-59-61-63-65-67-69-71-73-75-77-79-86(91)97-84(83-96-88(87(92)93)94-81-80-89(3,4)5)82-95-85(90)78-76-74-72-70-68-66-64-62-60-58-56-54-52-50-48-46-39-37-35-33-31-29-27-25-23-21-19-17-15-13-11-9-7-2/h8-11,14-17,20-23,26-29,32-35,38-40,42-43,45-47,50-53,56-59,62-65,68-71,84,88H,6-7,12-13,18-19,24-25,30-31,36-37,41,44,48-49,54-55,60-61,66-67,72-83H2,1-5H3/b10-8-,11-9-,16-14-,17-15-,22-20-,23-21-,28-26-,29-27-,34-32-,35-33-,40-38-,43-42-,46-39-,47-45-,52-50-,53-51-,58-56-,59-57-,64-62-,65-63-,70-68-,71-69-. The van der Waals surface area contributed by atoms with Crippen molar-refractivity contribution in [2.45, 2.75) is 219 Å². The number of carbonyl (C=O) groups is 3. The third kappa shape index (κ3) is 75.8. The molecule has 0 aliphatic heterocycles. The molecule has 0 aromatic carbocycles. The molecule has 2 atom stereocenters. The van der Waals surface area contributed by atoms with Gasteiger partial charge in [0.1, 0.15) is 13.2 Å². The molecule has 0 aliphatic rings. The van der Waals surface area contributed by atoms with Crippen molar-refractivity contribution in [1.29, 1.82) is 0 Å². The zero-order valence-corrected chi connectivity index (χ0v) is 60.8. The molecule has 97 heavy (non-hydrogen) atoms. The number of ether oxygens (including phenoxy) is 4. The molecule has 0 aliphatic carbocycles. The largest absolute Gasteiger partial charge is 0.545 e. The van der Waals surface area contributed by atoms with Gasteiger partial charge in [-0.15, -0.1) is 0 Å². The highest BCUT2D eigenvalue weighted by atomic mass is 16.7. The lowest BCUT2D eigenvalue weighted by Crippen LogP contribution is -2.44. The summed E-state index contributed by atoms with van der Waals surface area (Å²) in [5, 5.41) is 11.8. The highest BCUT2D eigenvalue weighted by molar-refractivity contribution is 5.70. The lowest BCUT2D eigenvalue weighted by molar-refractivity contribution is -0.870. The van der Waals surface area contributed by atoms with Gasteiger partial charge in [0, 0.05) is 12.8 Å².